The number of hydrogen-bond acceptors (Lipinski definition) is 2. The maximum Gasteiger partial charge on any atom is 0.0541 e. The standard InChI is InChI=1S/C54H36N2S/c1-3-13-37(14-4-1)38-25-27-39(28-26-38)40-15-11-19-44(33-40)55(43-17-5-2-6-18-43)45-20-12-16-41(34-45)42-29-31-52-49(35-42)47-21-7-9-23-51(47)56(52)46-30-32-54-50(36-46)48-22-8-10-24-53(48)57-54/h1-36H. The minimum atomic E-state index is 1.11. The summed E-state index contributed by atoms with van der Waals surface area (Å²) in [6.45, 7) is 0. The van der Waals surface area contributed by atoms with Crippen LogP contribution >= 0.6 is 11.3 Å². The van der Waals surface area contributed by atoms with Crippen LogP contribution in [-0.4, -0.2) is 4.57 Å². The first-order valence-corrected chi connectivity index (χ1v) is 20.2. The van der Waals surface area contributed by atoms with Gasteiger partial charge in [-0.2, -0.15) is 0 Å². The number of fused-ring (bicyclic) bond motifs is 6. The zero-order valence-corrected chi connectivity index (χ0v) is 31.9. The molecule has 2 nitrogen and oxygen atoms in total. The zero-order chi connectivity index (χ0) is 37.7. The van der Waals surface area contributed by atoms with E-state index in [0.29, 0.717) is 0 Å². The molecule has 0 aliphatic heterocycles. The Hall–Kier alpha value is -7.20. The second-order valence-electron chi connectivity index (χ2n) is 14.6. The van der Waals surface area contributed by atoms with Crippen molar-refractivity contribution in [2.45, 2.75) is 0 Å². The Labute approximate surface area is 335 Å². The Kier molecular flexibility index (Phi) is 8.04. The summed E-state index contributed by atoms with van der Waals surface area (Å²) in [7, 11) is 0. The number of hydrogen-bond donors (Lipinski definition) is 0. The topological polar surface area (TPSA) is 8.17 Å². The van der Waals surface area contributed by atoms with Crippen molar-refractivity contribution < 1.29 is 0 Å². The van der Waals surface area contributed by atoms with Crippen LogP contribution in [0.3, 0.4) is 0 Å². The van der Waals surface area contributed by atoms with E-state index in [9.17, 15) is 0 Å². The SMILES string of the molecule is c1ccc(-c2ccc(-c3cccc(N(c4ccccc4)c4cccc(-c5ccc6c(c5)c5ccccc5n6-c5ccc6sc7ccccc7c6c5)c4)c3)cc2)cc1. The summed E-state index contributed by atoms with van der Waals surface area (Å²) in [5.41, 5.74) is 14.1. The largest absolute Gasteiger partial charge is 0.310 e. The lowest BCUT2D eigenvalue weighted by Gasteiger charge is -2.26. The van der Waals surface area contributed by atoms with E-state index < -0.39 is 0 Å². The van der Waals surface area contributed by atoms with E-state index >= 15 is 0 Å². The molecule has 9 aromatic carbocycles. The summed E-state index contributed by atoms with van der Waals surface area (Å²) in [6.07, 6.45) is 0. The highest BCUT2D eigenvalue weighted by molar-refractivity contribution is 7.25. The van der Waals surface area contributed by atoms with Gasteiger partial charge >= 0.3 is 0 Å². The molecule has 0 atom stereocenters. The number of anilines is 3. The number of rotatable bonds is 7. The van der Waals surface area contributed by atoms with E-state index in [1.54, 1.807) is 0 Å². The third-order valence-corrected chi connectivity index (χ3v) is 12.3. The maximum atomic E-state index is 2.43. The summed E-state index contributed by atoms with van der Waals surface area (Å²) in [5.74, 6) is 0. The van der Waals surface area contributed by atoms with Gasteiger partial charge in [-0.1, -0.05) is 140 Å². The lowest BCUT2D eigenvalue weighted by atomic mass is 9.99. The summed E-state index contributed by atoms with van der Waals surface area (Å²) in [5, 5.41) is 5.12. The summed E-state index contributed by atoms with van der Waals surface area (Å²) in [6, 6.07) is 79.3. The van der Waals surface area contributed by atoms with Crippen molar-refractivity contribution in [2.24, 2.45) is 0 Å². The number of benzene rings is 9. The molecule has 0 bridgehead atoms. The van der Waals surface area contributed by atoms with Gasteiger partial charge in [-0.3, -0.25) is 0 Å². The summed E-state index contributed by atoms with van der Waals surface area (Å²) >= 11 is 1.86. The van der Waals surface area contributed by atoms with Gasteiger partial charge in [-0.15, -0.1) is 11.3 Å². The van der Waals surface area contributed by atoms with E-state index in [2.05, 4.69) is 228 Å². The second kappa shape index (κ2) is 13.8. The fraction of sp³-hybridized carbons (Fsp3) is 0. The van der Waals surface area contributed by atoms with Gasteiger partial charge in [0.2, 0.25) is 0 Å². The monoisotopic (exact) mass is 744 g/mol. The van der Waals surface area contributed by atoms with Gasteiger partial charge in [0.05, 0.1) is 11.0 Å². The molecule has 268 valence electrons. The van der Waals surface area contributed by atoms with Crippen molar-refractivity contribution in [1.82, 2.24) is 4.57 Å². The molecule has 0 fully saturated rings. The maximum absolute atomic E-state index is 2.43. The van der Waals surface area contributed by atoms with Gasteiger partial charge in [0.15, 0.2) is 0 Å². The molecule has 0 saturated carbocycles. The fourth-order valence-electron chi connectivity index (χ4n) is 8.44. The third-order valence-electron chi connectivity index (χ3n) is 11.2. The number of nitrogens with zero attached hydrogens (tertiary/aromatic N) is 2. The molecule has 0 N–H and O–H groups in total. The number of para-hydroxylation sites is 2. The molecule has 0 saturated heterocycles. The van der Waals surface area contributed by atoms with Crippen molar-refractivity contribution in [1.29, 1.82) is 0 Å². The van der Waals surface area contributed by atoms with Gasteiger partial charge in [-0.25, -0.2) is 0 Å². The Morgan fingerprint density at radius 3 is 1.56 bits per heavy atom. The highest BCUT2D eigenvalue weighted by Gasteiger charge is 2.17. The summed E-state index contributed by atoms with van der Waals surface area (Å²) in [4.78, 5) is 2.36. The molecule has 0 radical (unpaired) electrons. The van der Waals surface area contributed by atoms with Crippen LogP contribution < -0.4 is 4.90 Å². The Bertz CT molecular complexity index is 3230. The van der Waals surface area contributed by atoms with Gasteiger partial charge in [0, 0.05) is 53.7 Å². The van der Waals surface area contributed by atoms with E-state index in [1.807, 2.05) is 11.3 Å². The Morgan fingerprint density at radius 2 is 0.807 bits per heavy atom. The predicted octanol–water partition coefficient (Wildman–Crippen LogP) is 15.6. The van der Waals surface area contributed by atoms with Crippen LogP contribution in [0.5, 0.6) is 0 Å². The van der Waals surface area contributed by atoms with Crippen LogP contribution in [0.25, 0.3) is 81.0 Å². The van der Waals surface area contributed by atoms with Gasteiger partial charge in [0.1, 0.15) is 0 Å². The van der Waals surface area contributed by atoms with E-state index in [4.69, 9.17) is 0 Å². The molecule has 2 heterocycles. The average Bonchev–Trinajstić information content (AvgIpc) is 3.82. The Morgan fingerprint density at radius 1 is 0.298 bits per heavy atom. The van der Waals surface area contributed by atoms with Crippen molar-refractivity contribution in [2.75, 3.05) is 4.90 Å². The molecule has 0 unspecified atom stereocenters. The molecule has 0 spiro atoms. The van der Waals surface area contributed by atoms with E-state index in [1.165, 1.54) is 81.0 Å². The second-order valence-corrected chi connectivity index (χ2v) is 15.7. The van der Waals surface area contributed by atoms with Crippen LogP contribution in [-0.2, 0) is 0 Å². The molecular formula is C54H36N2S. The molecule has 2 aromatic heterocycles. The highest BCUT2D eigenvalue weighted by atomic mass is 32.1. The van der Waals surface area contributed by atoms with Crippen LogP contribution in [0, 0.1) is 0 Å². The van der Waals surface area contributed by atoms with Crippen molar-refractivity contribution in [3.05, 3.63) is 218 Å². The number of aromatic nitrogens is 1. The van der Waals surface area contributed by atoms with Crippen LogP contribution in [0.1, 0.15) is 0 Å². The normalized spacial score (nSPS) is 11.5. The first-order valence-electron chi connectivity index (χ1n) is 19.4. The van der Waals surface area contributed by atoms with Crippen molar-refractivity contribution in [3.8, 4) is 39.1 Å². The van der Waals surface area contributed by atoms with Crippen LogP contribution in [0.2, 0.25) is 0 Å². The predicted molar refractivity (Wildman–Crippen MR) is 245 cm³/mol. The highest BCUT2D eigenvalue weighted by Crippen LogP contribution is 2.41. The fourth-order valence-corrected chi connectivity index (χ4v) is 9.53. The Balaban J connectivity index is 0.994. The third kappa shape index (κ3) is 5.88. The van der Waals surface area contributed by atoms with E-state index in [0.717, 1.165) is 17.1 Å². The molecule has 11 aromatic rings. The molecule has 57 heavy (non-hydrogen) atoms. The lowest BCUT2D eigenvalue weighted by molar-refractivity contribution is 1.19. The van der Waals surface area contributed by atoms with Gasteiger partial charge in [0.25, 0.3) is 0 Å². The molecule has 0 amide bonds. The quantitative estimate of drug-likeness (QED) is 0.158. The van der Waals surface area contributed by atoms with Crippen LogP contribution in [0.4, 0.5) is 17.1 Å². The van der Waals surface area contributed by atoms with Gasteiger partial charge < -0.3 is 9.47 Å². The van der Waals surface area contributed by atoms with Crippen molar-refractivity contribution >= 4 is 70.4 Å². The van der Waals surface area contributed by atoms with Crippen LogP contribution in [0.15, 0.2) is 218 Å². The summed E-state index contributed by atoms with van der Waals surface area (Å²) < 4.78 is 5.07. The minimum absolute atomic E-state index is 1.11. The molecule has 11 rings (SSSR count). The van der Waals surface area contributed by atoms with Gasteiger partial charge in [-0.05, 0) is 112 Å². The zero-order valence-electron chi connectivity index (χ0n) is 31.1. The van der Waals surface area contributed by atoms with Crippen molar-refractivity contribution in [3.63, 3.8) is 0 Å². The molecule has 0 aliphatic carbocycles. The smallest absolute Gasteiger partial charge is 0.0541 e. The lowest BCUT2D eigenvalue weighted by Crippen LogP contribution is -2.10. The minimum Gasteiger partial charge on any atom is -0.310 e. The first kappa shape index (κ1) is 33.2. The first-order chi connectivity index (χ1) is 28.2. The molecule has 0 aliphatic rings. The number of thiophene rings is 1. The molecular weight excluding hydrogens is 709 g/mol. The average molecular weight is 745 g/mol. The molecule has 3 heteroatoms. The van der Waals surface area contributed by atoms with E-state index in [-0.39, 0.29) is 0 Å².